The molecule has 3 heteroatoms. The largest absolute Gasteiger partial charge is 0.396 e. The Morgan fingerprint density at radius 3 is 2.33 bits per heavy atom. The van der Waals surface area contributed by atoms with Crippen molar-refractivity contribution in [2.24, 2.45) is 11.1 Å². The molecule has 1 rings (SSSR count). The summed E-state index contributed by atoms with van der Waals surface area (Å²) in [7, 11) is 0. The van der Waals surface area contributed by atoms with E-state index in [0.717, 1.165) is 12.0 Å². The summed E-state index contributed by atoms with van der Waals surface area (Å²) in [5.41, 5.74) is 6.42. The van der Waals surface area contributed by atoms with Gasteiger partial charge in [-0.3, -0.25) is 0 Å². The van der Waals surface area contributed by atoms with Gasteiger partial charge in [-0.05, 0) is 30.5 Å². The molecule has 0 amide bonds. The lowest BCUT2D eigenvalue weighted by Gasteiger charge is -2.29. The minimum Gasteiger partial charge on any atom is -0.396 e. The van der Waals surface area contributed by atoms with Crippen LogP contribution in [0.3, 0.4) is 0 Å². The summed E-state index contributed by atoms with van der Waals surface area (Å²) in [6, 6.07) is 6.35. The van der Waals surface area contributed by atoms with Crippen LogP contribution in [0, 0.1) is 11.2 Å². The normalized spacial score (nSPS) is 14.9. The zero-order valence-corrected chi connectivity index (χ0v) is 9.04. The highest BCUT2D eigenvalue weighted by molar-refractivity contribution is 5.18. The number of rotatable bonds is 5. The van der Waals surface area contributed by atoms with E-state index in [2.05, 4.69) is 0 Å². The molecule has 1 atom stereocenters. The first-order chi connectivity index (χ1) is 7.15. The second-order valence-electron chi connectivity index (χ2n) is 4.02. The maximum absolute atomic E-state index is 12.7. The van der Waals surface area contributed by atoms with Crippen LogP contribution >= 0.6 is 0 Å². The standard InChI is InChI=1S/C12H18FNO/c1-2-12(8-14,9-15)7-10-3-5-11(13)6-4-10/h3-6,15H,2,7-9,14H2,1H3. The summed E-state index contributed by atoms with van der Waals surface area (Å²) in [4.78, 5) is 0. The molecule has 1 unspecified atom stereocenters. The van der Waals surface area contributed by atoms with Gasteiger partial charge in [0.2, 0.25) is 0 Å². The number of hydrogen-bond acceptors (Lipinski definition) is 2. The Morgan fingerprint density at radius 2 is 1.93 bits per heavy atom. The first-order valence-corrected chi connectivity index (χ1v) is 5.21. The van der Waals surface area contributed by atoms with Crippen LogP contribution in [0.5, 0.6) is 0 Å². The van der Waals surface area contributed by atoms with Gasteiger partial charge < -0.3 is 10.8 Å². The van der Waals surface area contributed by atoms with Crippen LogP contribution in [-0.4, -0.2) is 18.3 Å². The number of halogens is 1. The van der Waals surface area contributed by atoms with Gasteiger partial charge in [0.05, 0.1) is 6.61 Å². The number of hydrogen-bond donors (Lipinski definition) is 2. The van der Waals surface area contributed by atoms with Crippen molar-refractivity contribution in [1.82, 2.24) is 0 Å². The van der Waals surface area contributed by atoms with E-state index in [-0.39, 0.29) is 17.8 Å². The number of aliphatic hydroxyl groups excluding tert-OH is 1. The van der Waals surface area contributed by atoms with Crippen molar-refractivity contribution in [2.75, 3.05) is 13.2 Å². The van der Waals surface area contributed by atoms with E-state index in [1.807, 2.05) is 6.92 Å². The van der Waals surface area contributed by atoms with Gasteiger partial charge in [-0.25, -0.2) is 4.39 Å². The lowest BCUT2D eigenvalue weighted by atomic mass is 9.80. The summed E-state index contributed by atoms with van der Waals surface area (Å²) in [5.74, 6) is -0.238. The van der Waals surface area contributed by atoms with E-state index in [9.17, 15) is 9.50 Å². The SMILES string of the molecule is CCC(CN)(CO)Cc1ccc(F)cc1. The van der Waals surface area contributed by atoms with E-state index in [4.69, 9.17) is 5.73 Å². The van der Waals surface area contributed by atoms with E-state index in [1.54, 1.807) is 12.1 Å². The van der Waals surface area contributed by atoms with Crippen molar-refractivity contribution in [2.45, 2.75) is 19.8 Å². The van der Waals surface area contributed by atoms with E-state index in [0.29, 0.717) is 13.0 Å². The van der Waals surface area contributed by atoms with Gasteiger partial charge in [-0.2, -0.15) is 0 Å². The monoisotopic (exact) mass is 211 g/mol. The molecule has 0 saturated heterocycles. The van der Waals surface area contributed by atoms with Crippen molar-refractivity contribution < 1.29 is 9.50 Å². The third kappa shape index (κ3) is 3.01. The molecule has 0 heterocycles. The van der Waals surface area contributed by atoms with Crippen LogP contribution < -0.4 is 5.73 Å². The second-order valence-corrected chi connectivity index (χ2v) is 4.02. The molecular weight excluding hydrogens is 193 g/mol. The topological polar surface area (TPSA) is 46.2 Å². The molecule has 84 valence electrons. The molecular formula is C12H18FNO. The van der Waals surface area contributed by atoms with Crippen molar-refractivity contribution in [3.05, 3.63) is 35.6 Å². The average molecular weight is 211 g/mol. The maximum Gasteiger partial charge on any atom is 0.123 e. The Labute approximate surface area is 89.9 Å². The highest BCUT2D eigenvalue weighted by Crippen LogP contribution is 2.25. The molecule has 0 aliphatic rings. The summed E-state index contributed by atoms with van der Waals surface area (Å²) in [6.45, 7) is 2.52. The summed E-state index contributed by atoms with van der Waals surface area (Å²) in [6.07, 6.45) is 1.51. The molecule has 0 aromatic heterocycles. The van der Waals surface area contributed by atoms with Gasteiger partial charge >= 0.3 is 0 Å². The molecule has 0 bridgehead atoms. The fraction of sp³-hybridized carbons (Fsp3) is 0.500. The van der Waals surface area contributed by atoms with Gasteiger partial charge in [0, 0.05) is 12.0 Å². The molecule has 0 saturated carbocycles. The van der Waals surface area contributed by atoms with Gasteiger partial charge in [-0.15, -0.1) is 0 Å². The lowest BCUT2D eigenvalue weighted by molar-refractivity contribution is 0.127. The molecule has 1 aromatic carbocycles. The number of aliphatic hydroxyl groups is 1. The molecule has 0 spiro atoms. The van der Waals surface area contributed by atoms with Gasteiger partial charge in [0.25, 0.3) is 0 Å². The highest BCUT2D eigenvalue weighted by atomic mass is 19.1. The third-order valence-corrected chi connectivity index (χ3v) is 3.01. The van der Waals surface area contributed by atoms with Crippen LogP contribution in [0.25, 0.3) is 0 Å². The minimum absolute atomic E-state index is 0.0668. The maximum atomic E-state index is 12.7. The quantitative estimate of drug-likeness (QED) is 0.779. The van der Waals surface area contributed by atoms with Gasteiger partial charge in [0.1, 0.15) is 5.82 Å². The molecule has 0 fully saturated rings. The molecule has 0 aliphatic heterocycles. The van der Waals surface area contributed by atoms with Crippen LogP contribution in [0.2, 0.25) is 0 Å². The Hall–Kier alpha value is -0.930. The first kappa shape index (κ1) is 12.1. The predicted octanol–water partition coefficient (Wildman–Crippen LogP) is 1.72. The average Bonchev–Trinajstić information content (AvgIpc) is 2.29. The van der Waals surface area contributed by atoms with Crippen molar-refractivity contribution in [3.8, 4) is 0 Å². The second kappa shape index (κ2) is 5.24. The van der Waals surface area contributed by atoms with Crippen LogP contribution in [0.1, 0.15) is 18.9 Å². The van der Waals surface area contributed by atoms with Gasteiger partial charge in [0.15, 0.2) is 0 Å². The molecule has 3 N–H and O–H groups in total. The fourth-order valence-corrected chi connectivity index (χ4v) is 1.61. The summed E-state index contributed by atoms with van der Waals surface area (Å²) < 4.78 is 12.7. The van der Waals surface area contributed by atoms with E-state index >= 15 is 0 Å². The molecule has 0 radical (unpaired) electrons. The lowest BCUT2D eigenvalue weighted by Crippen LogP contribution is -2.35. The third-order valence-electron chi connectivity index (χ3n) is 3.01. The fourth-order valence-electron chi connectivity index (χ4n) is 1.61. The van der Waals surface area contributed by atoms with Crippen LogP contribution in [-0.2, 0) is 6.42 Å². The number of benzene rings is 1. The molecule has 0 aliphatic carbocycles. The van der Waals surface area contributed by atoms with Crippen molar-refractivity contribution in [3.63, 3.8) is 0 Å². The zero-order chi connectivity index (χ0) is 11.3. The Kier molecular flexibility index (Phi) is 4.24. The minimum atomic E-state index is -0.266. The van der Waals surface area contributed by atoms with E-state index in [1.165, 1.54) is 12.1 Å². The highest BCUT2D eigenvalue weighted by Gasteiger charge is 2.25. The van der Waals surface area contributed by atoms with Crippen molar-refractivity contribution >= 4 is 0 Å². The zero-order valence-electron chi connectivity index (χ0n) is 9.04. The first-order valence-electron chi connectivity index (χ1n) is 5.21. The predicted molar refractivity (Wildman–Crippen MR) is 59.0 cm³/mol. The van der Waals surface area contributed by atoms with Crippen LogP contribution in [0.4, 0.5) is 4.39 Å². The Balaban J connectivity index is 2.78. The Bertz CT molecular complexity index is 285. The van der Waals surface area contributed by atoms with Crippen molar-refractivity contribution in [1.29, 1.82) is 0 Å². The molecule has 1 aromatic rings. The molecule has 15 heavy (non-hydrogen) atoms. The Morgan fingerprint density at radius 1 is 1.33 bits per heavy atom. The van der Waals surface area contributed by atoms with Gasteiger partial charge in [-0.1, -0.05) is 19.1 Å². The summed E-state index contributed by atoms with van der Waals surface area (Å²) in [5, 5.41) is 9.34. The van der Waals surface area contributed by atoms with E-state index < -0.39 is 0 Å². The smallest absolute Gasteiger partial charge is 0.123 e. The van der Waals surface area contributed by atoms with Crippen LogP contribution in [0.15, 0.2) is 24.3 Å². The number of nitrogens with two attached hydrogens (primary N) is 1. The molecule has 2 nitrogen and oxygen atoms in total. The summed E-state index contributed by atoms with van der Waals surface area (Å²) >= 11 is 0.